The maximum Gasteiger partial charge on any atom is 0.149 e. The summed E-state index contributed by atoms with van der Waals surface area (Å²) in [6, 6.07) is 20.6. The monoisotopic (exact) mass is 332 g/mol. The molecule has 3 aromatic carbocycles. The van der Waals surface area contributed by atoms with Crippen molar-refractivity contribution in [2.75, 3.05) is 11.9 Å². The van der Waals surface area contributed by atoms with Gasteiger partial charge in [0.05, 0.1) is 6.10 Å². The number of nitrogens with one attached hydrogen (secondary N) is 1. The highest BCUT2D eigenvalue weighted by Gasteiger charge is 2.10. The van der Waals surface area contributed by atoms with Crippen LogP contribution in [0.25, 0.3) is 21.7 Å². The van der Waals surface area contributed by atoms with Gasteiger partial charge in [-0.3, -0.25) is 4.98 Å². The van der Waals surface area contributed by atoms with E-state index in [1.807, 2.05) is 48.5 Å². The van der Waals surface area contributed by atoms with Crippen LogP contribution in [0.5, 0.6) is 0 Å². The molecule has 3 nitrogen and oxygen atoms in total. The fraction of sp³-hybridized carbons (Fsp3) is 0.0952. The molecular weight excluding hydrogens is 315 g/mol. The van der Waals surface area contributed by atoms with Gasteiger partial charge in [-0.05, 0) is 34.5 Å². The smallest absolute Gasteiger partial charge is 0.149 e. The Morgan fingerprint density at radius 3 is 2.68 bits per heavy atom. The van der Waals surface area contributed by atoms with Crippen LogP contribution in [0.1, 0.15) is 11.7 Å². The van der Waals surface area contributed by atoms with Gasteiger partial charge in [-0.2, -0.15) is 0 Å². The number of para-hydroxylation sites is 1. The number of halogens is 1. The van der Waals surface area contributed by atoms with Crippen molar-refractivity contribution in [2.45, 2.75) is 6.10 Å². The average molecular weight is 332 g/mol. The van der Waals surface area contributed by atoms with Crippen molar-refractivity contribution >= 4 is 27.4 Å². The zero-order chi connectivity index (χ0) is 17.2. The minimum Gasteiger partial charge on any atom is -0.387 e. The molecule has 1 atom stereocenters. The number of benzene rings is 3. The van der Waals surface area contributed by atoms with Gasteiger partial charge >= 0.3 is 0 Å². The topological polar surface area (TPSA) is 45.1 Å². The largest absolute Gasteiger partial charge is 0.387 e. The SMILES string of the molecule is OC(CNc1ccnc2c(F)cccc12)c1ccc2ccccc2c1. The van der Waals surface area contributed by atoms with Crippen molar-refractivity contribution in [1.82, 2.24) is 4.98 Å². The molecule has 0 saturated heterocycles. The molecule has 0 amide bonds. The molecule has 1 unspecified atom stereocenters. The van der Waals surface area contributed by atoms with E-state index in [0.717, 1.165) is 22.0 Å². The first-order chi connectivity index (χ1) is 12.2. The van der Waals surface area contributed by atoms with Gasteiger partial charge in [0, 0.05) is 23.8 Å². The second-order valence-electron chi connectivity index (χ2n) is 6.00. The molecule has 0 spiro atoms. The maximum absolute atomic E-state index is 13.8. The number of aliphatic hydroxyl groups excluding tert-OH is 1. The summed E-state index contributed by atoms with van der Waals surface area (Å²) in [5.41, 5.74) is 1.92. The lowest BCUT2D eigenvalue weighted by molar-refractivity contribution is 0.192. The first-order valence-electron chi connectivity index (χ1n) is 8.16. The predicted octanol–water partition coefficient (Wildman–Crippen LogP) is 4.67. The van der Waals surface area contributed by atoms with Crippen molar-refractivity contribution in [3.8, 4) is 0 Å². The van der Waals surface area contributed by atoms with Crippen LogP contribution in [0, 0.1) is 5.82 Å². The molecule has 4 aromatic rings. The summed E-state index contributed by atoms with van der Waals surface area (Å²) in [5, 5.41) is 16.7. The van der Waals surface area contributed by atoms with Crippen molar-refractivity contribution in [1.29, 1.82) is 0 Å². The Balaban J connectivity index is 1.57. The number of fused-ring (bicyclic) bond motifs is 2. The number of pyridine rings is 1. The highest BCUT2D eigenvalue weighted by molar-refractivity contribution is 5.91. The third-order valence-electron chi connectivity index (χ3n) is 4.37. The molecule has 2 N–H and O–H groups in total. The molecule has 0 fully saturated rings. The normalized spacial score (nSPS) is 12.4. The molecule has 0 aliphatic rings. The van der Waals surface area contributed by atoms with E-state index in [9.17, 15) is 9.50 Å². The first kappa shape index (κ1) is 15.5. The van der Waals surface area contributed by atoms with E-state index in [1.165, 1.54) is 6.07 Å². The highest BCUT2D eigenvalue weighted by Crippen LogP contribution is 2.25. The first-order valence-corrected chi connectivity index (χ1v) is 8.16. The van der Waals surface area contributed by atoms with E-state index in [-0.39, 0.29) is 5.82 Å². The van der Waals surface area contributed by atoms with Crippen LogP contribution in [-0.4, -0.2) is 16.6 Å². The summed E-state index contributed by atoms with van der Waals surface area (Å²) < 4.78 is 13.8. The molecule has 0 aliphatic heterocycles. The number of aliphatic hydroxyl groups is 1. The van der Waals surface area contributed by atoms with Crippen molar-refractivity contribution in [3.05, 3.63) is 84.3 Å². The Kier molecular flexibility index (Phi) is 4.04. The minimum absolute atomic E-state index is 0.327. The molecule has 4 rings (SSSR count). The molecule has 4 heteroatoms. The van der Waals surface area contributed by atoms with E-state index in [2.05, 4.69) is 10.3 Å². The lowest BCUT2D eigenvalue weighted by Crippen LogP contribution is -2.12. The summed E-state index contributed by atoms with van der Waals surface area (Å²) in [6.45, 7) is 0.327. The average Bonchev–Trinajstić information content (AvgIpc) is 2.66. The predicted molar refractivity (Wildman–Crippen MR) is 99.1 cm³/mol. The van der Waals surface area contributed by atoms with Crippen LogP contribution in [0.2, 0.25) is 0 Å². The molecular formula is C21H17FN2O. The Bertz CT molecular complexity index is 1050. The molecule has 1 aromatic heterocycles. The second kappa shape index (κ2) is 6.49. The summed E-state index contributed by atoms with van der Waals surface area (Å²) >= 11 is 0. The van der Waals surface area contributed by atoms with Crippen molar-refractivity contribution < 1.29 is 9.50 Å². The number of hydrogen-bond donors (Lipinski definition) is 2. The Morgan fingerprint density at radius 1 is 0.960 bits per heavy atom. The Morgan fingerprint density at radius 2 is 1.80 bits per heavy atom. The molecule has 0 radical (unpaired) electrons. The van der Waals surface area contributed by atoms with Crippen LogP contribution in [0.3, 0.4) is 0 Å². The number of nitrogens with zero attached hydrogens (tertiary/aromatic N) is 1. The van der Waals surface area contributed by atoms with Crippen LogP contribution >= 0.6 is 0 Å². The molecule has 0 saturated carbocycles. The zero-order valence-corrected chi connectivity index (χ0v) is 13.5. The third-order valence-corrected chi connectivity index (χ3v) is 4.37. The van der Waals surface area contributed by atoms with Crippen LogP contribution < -0.4 is 5.32 Å². The lowest BCUT2D eigenvalue weighted by Gasteiger charge is -2.15. The van der Waals surface area contributed by atoms with E-state index in [0.29, 0.717) is 17.4 Å². The quantitative estimate of drug-likeness (QED) is 0.571. The van der Waals surface area contributed by atoms with E-state index < -0.39 is 6.10 Å². The van der Waals surface area contributed by atoms with Crippen molar-refractivity contribution in [2.24, 2.45) is 0 Å². The van der Waals surface area contributed by atoms with Gasteiger partial charge in [-0.15, -0.1) is 0 Å². The summed E-state index contributed by atoms with van der Waals surface area (Å²) in [6.07, 6.45) is 0.900. The van der Waals surface area contributed by atoms with Gasteiger partial charge in [-0.1, -0.05) is 48.5 Å². The lowest BCUT2D eigenvalue weighted by atomic mass is 10.0. The fourth-order valence-electron chi connectivity index (χ4n) is 3.03. The number of rotatable bonds is 4. The number of anilines is 1. The van der Waals surface area contributed by atoms with Gasteiger partial charge in [0.25, 0.3) is 0 Å². The maximum atomic E-state index is 13.8. The van der Waals surface area contributed by atoms with Gasteiger partial charge < -0.3 is 10.4 Å². The third kappa shape index (κ3) is 3.04. The standard InChI is InChI=1S/C21H17FN2O/c22-18-7-3-6-17-19(10-11-23-21(17)18)24-13-20(25)16-9-8-14-4-1-2-5-15(14)12-16/h1-12,20,25H,13H2,(H,23,24). The van der Waals surface area contributed by atoms with Crippen LogP contribution in [-0.2, 0) is 0 Å². The van der Waals surface area contributed by atoms with Crippen LogP contribution in [0.4, 0.5) is 10.1 Å². The molecule has 25 heavy (non-hydrogen) atoms. The molecule has 0 aliphatic carbocycles. The number of aromatic nitrogens is 1. The van der Waals surface area contributed by atoms with Gasteiger partial charge in [0.2, 0.25) is 0 Å². The summed E-state index contributed by atoms with van der Waals surface area (Å²) in [5.74, 6) is -0.351. The summed E-state index contributed by atoms with van der Waals surface area (Å²) in [7, 11) is 0. The van der Waals surface area contributed by atoms with Crippen molar-refractivity contribution in [3.63, 3.8) is 0 Å². The van der Waals surface area contributed by atoms with Gasteiger partial charge in [-0.25, -0.2) is 4.39 Å². The van der Waals surface area contributed by atoms with Gasteiger partial charge in [0.15, 0.2) is 0 Å². The second-order valence-corrected chi connectivity index (χ2v) is 6.00. The molecule has 124 valence electrons. The number of hydrogen-bond acceptors (Lipinski definition) is 3. The Labute approximate surface area is 144 Å². The van der Waals surface area contributed by atoms with Crippen LogP contribution in [0.15, 0.2) is 72.9 Å². The van der Waals surface area contributed by atoms with Gasteiger partial charge in [0.1, 0.15) is 11.3 Å². The molecule has 1 heterocycles. The summed E-state index contributed by atoms with van der Waals surface area (Å²) in [4.78, 5) is 4.08. The highest BCUT2D eigenvalue weighted by atomic mass is 19.1. The minimum atomic E-state index is -0.665. The van der Waals surface area contributed by atoms with E-state index in [4.69, 9.17) is 0 Å². The molecule has 0 bridgehead atoms. The van der Waals surface area contributed by atoms with E-state index in [1.54, 1.807) is 18.3 Å². The fourth-order valence-corrected chi connectivity index (χ4v) is 3.03. The zero-order valence-electron chi connectivity index (χ0n) is 13.5. The Hall–Kier alpha value is -2.98. The van der Waals surface area contributed by atoms with E-state index >= 15 is 0 Å².